The molecule has 0 aliphatic rings. The number of para-hydroxylation sites is 2. The Bertz CT molecular complexity index is 1170. The van der Waals surface area contributed by atoms with Crippen molar-refractivity contribution in [3.8, 4) is 5.69 Å². The van der Waals surface area contributed by atoms with Gasteiger partial charge in [-0.2, -0.15) is 0 Å². The minimum Gasteiger partial charge on any atom is -0.467 e. The summed E-state index contributed by atoms with van der Waals surface area (Å²) in [6.07, 6.45) is 4.35. The molecular formula is C22H21N3O3. The summed E-state index contributed by atoms with van der Waals surface area (Å²) in [7, 11) is 1.33. The highest BCUT2D eigenvalue weighted by atomic mass is 16.5. The number of nitrogens with zero attached hydrogens (tertiary/aromatic N) is 1. The average molecular weight is 375 g/mol. The van der Waals surface area contributed by atoms with Gasteiger partial charge in [0.1, 0.15) is 6.04 Å². The SMILES string of the molecule is COC(=O)[C@@H](Cc1cn(-c2c[nH]c3ccccc23)c2ccccc12)NC(C)=O. The van der Waals surface area contributed by atoms with Crippen LogP contribution in [0, 0.1) is 0 Å². The van der Waals surface area contributed by atoms with Crippen LogP contribution in [0.1, 0.15) is 12.5 Å². The Balaban J connectivity index is 1.83. The van der Waals surface area contributed by atoms with Crippen LogP contribution in [0.5, 0.6) is 0 Å². The number of carbonyl (C=O) groups is 2. The maximum atomic E-state index is 12.1. The number of aromatic nitrogens is 2. The molecule has 0 aliphatic heterocycles. The number of esters is 1. The zero-order valence-corrected chi connectivity index (χ0v) is 15.7. The standard InChI is InChI=1S/C22H21N3O3/c1-14(26)24-19(22(27)28-2)11-15-13-25(20-10-6-4-7-16(15)20)21-12-23-18-9-5-3-8-17(18)21/h3-10,12-13,19,23H,11H2,1-2H3,(H,24,26)/t19-/m1/s1. The molecule has 0 bridgehead atoms. The molecule has 0 saturated heterocycles. The molecule has 4 aromatic rings. The predicted octanol–water partition coefficient (Wildman–Crippen LogP) is 3.33. The van der Waals surface area contributed by atoms with Crippen molar-refractivity contribution in [2.24, 2.45) is 0 Å². The molecule has 6 nitrogen and oxygen atoms in total. The molecule has 2 aromatic heterocycles. The predicted molar refractivity (Wildman–Crippen MR) is 108 cm³/mol. The van der Waals surface area contributed by atoms with E-state index in [1.165, 1.54) is 14.0 Å². The first-order valence-corrected chi connectivity index (χ1v) is 9.09. The monoisotopic (exact) mass is 375 g/mol. The normalized spacial score (nSPS) is 12.2. The van der Waals surface area contributed by atoms with E-state index in [2.05, 4.69) is 20.9 Å². The number of benzene rings is 2. The molecular weight excluding hydrogens is 354 g/mol. The van der Waals surface area contributed by atoms with Gasteiger partial charge in [-0.15, -0.1) is 0 Å². The topological polar surface area (TPSA) is 76.1 Å². The zero-order chi connectivity index (χ0) is 19.7. The summed E-state index contributed by atoms with van der Waals surface area (Å²) < 4.78 is 6.99. The van der Waals surface area contributed by atoms with Crippen LogP contribution in [0.4, 0.5) is 0 Å². The van der Waals surface area contributed by atoms with Crippen molar-refractivity contribution in [2.75, 3.05) is 7.11 Å². The fourth-order valence-corrected chi connectivity index (χ4v) is 3.67. The number of aromatic amines is 1. The van der Waals surface area contributed by atoms with Crippen molar-refractivity contribution in [1.29, 1.82) is 0 Å². The quantitative estimate of drug-likeness (QED) is 0.525. The molecule has 2 heterocycles. The number of hydrogen-bond donors (Lipinski definition) is 2. The zero-order valence-electron chi connectivity index (χ0n) is 15.7. The summed E-state index contributed by atoms with van der Waals surface area (Å²) in [6.45, 7) is 1.39. The van der Waals surface area contributed by atoms with Crippen molar-refractivity contribution in [1.82, 2.24) is 14.9 Å². The lowest BCUT2D eigenvalue weighted by molar-refractivity contribution is -0.144. The Kier molecular flexibility index (Phi) is 4.61. The Morgan fingerprint density at radius 2 is 1.82 bits per heavy atom. The fraction of sp³-hybridized carbons (Fsp3) is 0.182. The van der Waals surface area contributed by atoms with Crippen LogP contribution in [-0.4, -0.2) is 34.6 Å². The van der Waals surface area contributed by atoms with Gasteiger partial charge in [-0.1, -0.05) is 36.4 Å². The summed E-state index contributed by atoms with van der Waals surface area (Å²) in [6, 6.07) is 15.4. The number of rotatable bonds is 5. The number of amides is 1. The Morgan fingerprint density at radius 1 is 1.11 bits per heavy atom. The summed E-state index contributed by atoms with van der Waals surface area (Å²) in [5.41, 5.74) is 4.09. The largest absolute Gasteiger partial charge is 0.467 e. The van der Waals surface area contributed by atoms with Crippen molar-refractivity contribution >= 4 is 33.7 Å². The summed E-state index contributed by atoms with van der Waals surface area (Å²) in [4.78, 5) is 27.0. The van der Waals surface area contributed by atoms with Crippen LogP contribution in [0.25, 0.3) is 27.5 Å². The number of carbonyl (C=O) groups excluding carboxylic acids is 2. The molecule has 1 amide bonds. The van der Waals surface area contributed by atoms with E-state index in [9.17, 15) is 9.59 Å². The molecule has 4 rings (SSSR count). The van der Waals surface area contributed by atoms with Crippen LogP contribution >= 0.6 is 0 Å². The Labute approximate surface area is 162 Å². The van der Waals surface area contributed by atoms with E-state index in [1.54, 1.807) is 0 Å². The first-order valence-electron chi connectivity index (χ1n) is 9.09. The lowest BCUT2D eigenvalue weighted by atomic mass is 10.1. The summed E-state index contributed by atoms with van der Waals surface area (Å²) in [5, 5.41) is 4.84. The van der Waals surface area contributed by atoms with E-state index in [0.29, 0.717) is 6.42 Å². The van der Waals surface area contributed by atoms with Gasteiger partial charge in [-0.25, -0.2) is 4.79 Å². The number of H-pyrrole nitrogens is 1. The van der Waals surface area contributed by atoms with Crippen molar-refractivity contribution in [3.05, 3.63) is 66.5 Å². The molecule has 0 unspecified atom stereocenters. The molecule has 0 spiro atoms. The molecule has 2 aromatic carbocycles. The fourth-order valence-electron chi connectivity index (χ4n) is 3.67. The first-order chi connectivity index (χ1) is 13.6. The van der Waals surface area contributed by atoms with Gasteiger partial charge in [0, 0.05) is 42.0 Å². The third kappa shape index (κ3) is 3.13. The van der Waals surface area contributed by atoms with Gasteiger partial charge in [0.25, 0.3) is 0 Å². The van der Waals surface area contributed by atoms with Gasteiger partial charge >= 0.3 is 5.97 Å². The lowest BCUT2D eigenvalue weighted by Gasteiger charge is -2.14. The molecule has 0 radical (unpaired) electrons. The second-order valence-electron chi connectivity index (χ2n) is 6.74. The van der Waals surface area contributed by atoms with E-state index in [1.807, 2.05) is 54.9 Å². The van der Waals surface area contributed by atoms with Crippen molar-refractivity contribution in [3.63, 3.8) is 0 Å². The third-order valence-electron chi connectivity index (χ3n) is 4.91. The number of methoxy groups -OCH3 is 1. The molecule has 0 fully saturated rings. The minimum atomic E-state index is -0.732. The van der Waals surface area contributed by atoms with Gasteiger partial charge in [-0.05, 0) is 17.7 Å². The van der Waals surface area contributed by atoms with Crippen LogP contribution < -0.4 is 5.32 Å². The maximum Gasteiger partial charge on any atom is 0.328 e. The van der Waals surface area contributed by atoms with Crippen LogP contribution in [0.2, 0.25) is 0 Å². The first kappa shape index (κ1) is 17.9. The second-order valence-corrected chi connectivity index (χ2v) is 6.74. The van der Waals surface area contributed by atoms with E-state index in [4.69, 9.17) is 4.74 Å². The van der Waals surface area contributed by atoms with E-state index >= 15 is 0 Å². The third-order valence-corrected chi connectivity index (χ3v) is 4.91. The number of hydrogen-bond acceptors (Lipinski definition) is 3. The number of ether oxygens (including phenoxy) is 1. The average Bonchev–Trinajstić information content (AvgIpc) is 3.28. The molecule has 1 atom stereocenters. The molecule has 0 saturated carbocycles. The Morgan fingerprint density at radius 3 is 2.57 bits per heavy atom. The van der Waals surface area contributed by atoms with Gasteiger partial charge in [0.15, 0.2) is 0 Å². The lowest BCUT2D eigenvalue weighted by Crippen LogP contribution is -2.41. The number of fused-ring (bicyclic) bond motifs is 2. The molecule has 0 aliphatic carbocycles. The number of nitrogens with one attached hydrogen (secondary N) is 2. The molecule has 6 heteroatoms. The van der Waals surface area contributed by atoms with Crippen LogP contribution in [0.3, 0.4) is 0 Å². The molecule has 142 valence electrons. The van der Waals surface area contributed by atoms with Crippen LogP contribution in [0.15, 0.2) is 60.9 Å². The second kappa shape index (κ2) is 7.23. The van der Waals surface area contributed by atoms with Gasteiger partial charge < -0.3 is 19.6 Å². The smallest absolute Gasteiger partial charge is 0.328 e. The summed E-state index contributed by atoms with van der Waals surface area (Å²) in [5.74, 6) is -0.727. The van der Waals surface area contributed by atoms with Gasteiger partial charge in [0.05, 0.1) is 18.3 Å². The maximum absolute atomic E-state index is 12.1. The highest BCUT2D eigenvalue weighted by molar-refractivity contribution is 5.93. The molecule has 2 N–H and O–H groups in total. The van der Waals surface area contributed by atoms with Crippen LogP contribution in [-0.2, 0) is 20.7 Å². The van der Waals surface area contributed by atoms with Crippen molar-refractivity contribution < 1.29 is 14.3 Å². The van der Waals surface area contributed by atoms with E-state index in [-0.39, 0.29) is 5.91 Å². The highest BCUT2D eigenvalue weighted by Gasteiger charge is 2.23. The molecule has 28 heavy (non-hydrogen) atoms. The van der Waals surface area contributed by atoms with Crippen molar-refractivity contribution in [2.45, 2.75) is 19.4 Å². The summed E-state index contributed by atoms with van der Waals surface area (Å²) >= 11 is 0. The van der Waals surface area contributed by atoms with Gasteiger partial charge in [-0.3, -0.25) is 4.79 Å². The van der Waals surface area contributed by atoms with E-state index in [0.717, 1.165) is 33.1 Å². The Hall–Kier alpha value is -3.54. The van der Waals surface area contributed by atoms with Gasteiger partial charge in [0.2, 0.25) is 5.91 Å². The highest BCUT2D eigenvalue weighted by Crippen LogP contribution is 2.29. The minimum absolute atomic E-state index is 0.268. The van der Waals surface area contributed by atoms with E-state index < -0.39 is 12.0 Å².